The van der Waals surface area contributed by atoms with E-state index in [1.165, 1.54) is 63.5 Å². The molecule has 1 heteroatoms. The lowest BCUT2D eigenvalue weighted by Gasteiger charge is -2.21. The van der Waals surface area contributed by atoms with Crippen LogP contribution in [0.4, 0.5) is 5.69 Å². The lowest BCUT2D eigenvalue weighted by atomic mass is 9.93. The van der Waals surface area contributed by atoms with Crippen molar-refractivity contribution in [1.29, 1.82) is 0 Å². The van der Waals surface area contributed by atoms with Crippen LogP contribution in [0.1, 0.15) is 69.9 Å². The smallest absolute Gasteiger partial charge is 0.0375 e. The predicted octanol–water partition coefficient (Wildman–Crippen LogP) is 5.58. The van der Waals surface area contributed by atoms with Gasteiger partial charge in [-0.1, -0.05) is 58.1 Å². The van der Waals surface area contributed by atoms with Crippen molar-refractivity contribution in [2.75, 3.05) is 11.9 Å². The predicted molar refractivity (Wildman–Crippen MR) is 89.5 cm³/mol. The zero-order valence-corrected chi connectivity index (χ0v) is 13.4. The fourth-order valence-electron chi connectivity index (χ4n) is 3.18. The summed E-state index contributed by atoms with van der Waals surface area (Å²) >= 11 is 0. The third kappa shape index (κ3) is 4.54. The van der Waals surface area contributed by atoms with Crippen molar-refractivity contribution in [3.05, 3.63) is 29.3 Å². The van der Waals surface area contributed by atoms with Crippen LogP contribution in [0.2, 0.25) is 0 Å². The molecule has 2 rings (SSSR count). The molecule has 1 unspecified atom stereocenters. The van der Waals surface area contributed by atoms with Gasteiger partial charge in [0.25, 0.3) is 0 Å². The summed E-state index contributed by atoms with van der Waals surface area (Å²) in [5.41, 5.74) is 4.58. The second-order valence-electron chi connectivity index (χ2n) is 6.44. The molecule has 0 saturated carbocycles. The first kappa shape index (κ1) is 15.4. The van der Waals surface area contributed by atoms with Crippen LogP contribution in [-0.2, 0) is 12.8 Å². The fraction of sp³-hybridized carbons (Fsp3) is 0.684. The first-order valence-corrected chi connectivity index (χ1v) is 8.66. The molecule has 1 nitrogen and oxygen atoms in total. The molecule has 0 aliphatic carbocycles. The molecule has 1 atom stereocenters. The first-order chi connectivity index (χ1) is 9.81. The minimum absolute atomic E-state index is 0.919. The van der Waals surface area contributed by atoms with Crippen LogP contribution in [0.25, 0.3) is 0 Å². The summed E-state index contributed by atoms with van der Waals surface area (Å²) in [6.45, 7) is 5.83. The second-order valence-corrected chi connectivity index (χ2v) is 6.44. The molecule has 1 N–H and O–H groups in total. The van der Waals surface area contributed by atoms with E-state index in [4.69, 9.17) is 0 Å². The van der Waals surface area contributed by atoms with Crippen molar-refractivity contribution in [3.63, 3.8) is 0 Å². The summed E-state index contributed by atoms with van der Waals surface area (Å²) in [5.74, 6) is 0.919. The highest BCUT2D eigenvalue weighted by Gasteiger charge is 2.11. The number of unbranched alkanes of at least 4 members (excludes halogenated alkanes) is 3. The van der Waals surface area contributed by atoms with E-state index in [2.05, 4.69) is 37.4 Å². The Morgan fingerprint density at radius 3 is 2.85 bits per heavy atom. The molecule has 1 heterocycles. The molecule has 20 heavy (non-hydrogen) atoms. The van der Waals surface area contributed by atoms with Crippen LogP contribution in [0.15, 0.2) is 18.2 Å². The number of anilines is 1. The molecule has 1 aromatic carbocycles. The van der Waals surface area contributed by atoms with Crippen LogP contribution in [0.3, 0.4) is 0 Å². The number of rotatable bonds is 8. The number of hydrogen-bond donors (Lipinski definition) is 1. The molecule has 0 radical (unpaired) electrons. The molecule has 0 bridgehead atoms. The Labute approximate surface area is 125 Å². The number of aryl methyl sites for hydroxylation is 1. The summed E-state index contributed by atoms with van der Waals surface area (Å²) in [7, 11) is 0. The van der Waals surface area contributed by atoms with Gasteiger partial charge in [0.05, 0.1) is 0 Å². The normalized spacial score (nSPS) is 15.5. The third-order valence-electron chi connectivity index (χ3n) is 4.78. The molecular formula is C19H31N. The average molecular weight is 273 g/mol. The summed E-state index contributed by atoms with van der Waals surface area (Å²) in [6.07, 6.45) is 12.2. The number of benzene rings is 1. The van der Waals surface area contributed by atoms with Crippen molar-refractivity contribution < 1.29 is 0 Å². The summed E-state index contributed by atoms with van der Waals surface area (Å²) < 4.78 is 0. The maximum atomic E-state index is 3.53. The number of nitrogens with one attached hydrogen (secondary N) is 1. The van der Waals surface area contributed by atoms with E-state index < -0.39 is 0 Å². The lowest BCUT2D eigenvalue weighted by Crippen LogP contribution is -2.13. The Morgan fingerprint density at radius 2 is 2.00 bits per heavy atom. The van der Waals surface area contributed by atoms with Crippen LogP contribution in [0, 0.1) is 5.92 Å². The highest BCUT2D eigenvalue weighted by Crippen LogP contribution is 2.26. The van der Waals surface area contributed by atoms with Crippen molar-refractivity contribution in [3.8, 4) is 0 Å². The highest BCUT2D eigenvalue weighted by atomic mass is 14.9. The van der Waals surface area contributed by atoms with Gasteiger partial charge < -0.3 is 5.32 Å². The quantitative estimate of drug-likeness (QED) is 0.609. The Bertz CT molecular complexity index is 397. The number of fused-ring (bicyclic) bond motifs is 1. The molecule has 1 aliphatic heterocycles. The van der Waals surface area contributed by atoms with E-state index in [-0.39, 0.29) is 0 Å². The van der Waals surface area contributed by atoms with Gasteiger partial charge >= 0.3 is 0 Å². The fourth-order valence-corrected chi connectivity index (χ4v) is 3.18. The molecule has 0 aromatic heterocycles. The van der Waals surface area contributed by atoms with Crippen LogP contribution in [0.5, 0.6) is 0 Å². The topological polar surface area (TPSA) is 12.0 Å². The molecule has 0 amide bonds. The monoisotopic (exact) mass is 273 g/mol. The zero-order valence-electron chi connectivity index (χ0n) is 13.4. The van der Waals surface area contributed by atoms with Gasteiger partial charge in [0, 0.05) is 12.2 Å². The molecule has 0 spiro atoms. The van der Waals surface area contributed by atoms with Gasteiger partial charge in [0.1, 0.15) is 0 Å². The highest BCUT2D eigenvalue weighted by molar-refractivity contribution is 5.56. The Balaban J connectivity index is 1.69. The molecule has 0 saturated heterocycles. The van der Waals surface area contributed by atoms with Crippen LogP contribution < -0.4 is 5.32 Å². The lowest BCUT2D eigenvalue weighted by molar-refractivity contribution is 0.474. The minimum atomic E-state index is 0.919. The number of hydrogen-bond acceptors (Lipinski definition) is 1. The van der Waals surface area contributed by atoms with Gasteiger partial charge in [-0.25, -0.2) is 0 Å². The summed E-state index contributed by atoms with van der Waals surface area (Å²) in [5, 5.41) is 3.53. The standard InChI is InChI=1S/C19H31N/c1-3-16(2)10-6-4-5-7-11-17-12-8-14-19-18(17)13-9-15-20-19/h8,12,14,16,20H,3-7,9-11,13,15H2,1-2H3. The average Bonchev–Trinajstić information content (AvgIpc) is 2.50. The van der Waals surface area contributed by atoms with Crippen molar-refractivity contribution >= 4 is 5.69 Å². The van der Waals surface area contributed by atoms with Gasteiger partial charge in [-0.2, -0.15) is 0 Å². The molecule has 1 aromatic rings. The molecule has 1 aliphatic rings. The molecular weight excluding hydrogens is 242 g/mol. The summed E-state index contributed by atoms with van der Waals surface area (Å²) in [6, 6.07) is 6.80. The zero-order chi connectivity index (χ0) is 14.2. The van der Waals surface area contributed by atoms with Gasteiger partial charge in [-0.05, 0) is 48.8 Å². The maximum Gasteiger partial charge on any atom is 0.0375 e. The summed E-state index contributed by atoms with van der Waals surface area (Å²) in [4.78, 5) is 0. The third-order valence-corrected chi connectivity index (χ3v) is 4.78. The van der Waals surface area contributed by atoms with Crippen molar-refractivity contribution in [2.45, 2.75) is 71.6 Å². The Hall–Kier alpha value is -0.980. The molecule has 112 valence electrons. The maximum absolute atomic E-state index is 3.53. The van der Waals surface area contributed by atoms with Gasteiger partial charge in [-0.3, -0.25) is 0 Å². The first-order valence-electron chi connectivity index (χ1n) is 8.66. The minimum Gasteiger partial charge on any atom is -0.385 e. The van der Waals surface area contributed by atoms with Gasteiger partial charge in [0.2, 0.25) is 0 Å². The van der Waals surface area contributed by atoms with E-state index in [1.54, 1.807) is 11.1 Å². The SMILES string of the molecule is CCC(C)CCCCCCc1cccc2c1CCCN2. The van der Waals surface area contributed by atoms with Crippen molar-refractivity contribution in [2.24, 2.45) is 5.92 Å². The van der Waals surface area contributed by atoms with E-state index in [0.29, 0.717) is 0 Å². The Kier molecular flexibility index (Phi) is 6.42. The van der Waals surface area contributed by atoms with Crippen LogP contribution in [-0.4, -0.2) is 6.54 Å². The Morgan fingerprint density at radius 1 is 1.15 bits per heavy atom. The van der Waals surface area contributed by atoms with Crippen molar-refractivity contribution in [1.82, 2.24) is 0 Å². The largest absolute Gasteiger partial charge is 0.385 e. The van der Waals surface area contributed by atoms with E-state index >= 15 is 0 Å². The van der Waals surface area contributed by atoms with E-state index in [9.17, 15) is 0 Å². The van der Waals surface area contributed by atoms with Gasteiger partial charge in [-0.15, -0.1) is 0 Å². The second kappa shape index (κ2) is 8.34. The van der Waals surface area contributed by atoms with Gasteiger partial charge in [0.15, 0.2) is 0 Å². The van der Waals surface area contributed by atoms with E-state index in [0.717, 1.165) is 12.5 Å². The van der Waals surface area contributed by atoms with Crippen LogP contribution >= 0.6 is 0 Å². The molecule has 0 fully saturated rings. The van der Waals surface area contributed by atoms with E-state index in [1.807, 2.05) is 0 Å².